The molecule has 17 heavy (non-hydrogen) atoms. The Bertz CT molecular complexity index is 464. The van der Waals surface area contributed by atoms with Gasteiger partial charge >= 0.3 is 0 Å². The van der Waals surface area contributed by atoms with E-state index in [0.29, 0.717) is 11.3 Å². The minimum Gasteiger partial charge on any atom is -0.356 e. The number of fused-ring (bicyclic) bond motifs is 2. The summed E-state index contributed by atoms with van der Waals surface area (Å²) in [5.41, 5.74) is 1.09. The van der Waals surface area contributed by atoms with Crippen LogP contribution in [0.25, 0.3) is 0 Å². The fourth-order valence-electron chi connectivity index (χ4n) is 5.39. The van der Waals surface area contributed by atoms with E-state index in [-0.39, 0.29) is 22.9 Å². The molecule has 3 saturated carbocycles. The molecule has 1 aliphatic heterocycles. The summed E-state index contributed by atoms with van der Waals surface area (Å²) >= 11 is 0. The van der Waals surface area contributed by atoms with E-state index in [1.807, 2.05) is 0 Å². The largest absolute Gasteiger partial charge is 0.356 e. The second-order valence-corrected chi connectivity index (χ2v) is 7.58. The van der Waals surface area contributed by atoms with E-state index in [0.717, 1.165) is 17.9 Å². The fraction of sp³-hybridized carbons (Fsp3) is 0.800. The summed E-state index contributed by atoms with van der Waals surface area (Å²) in [6, 6.07) is 0. The van der Waals surface area contributed by atoms with Gasteiger partial charge in [-0.05, 0) is 36.5 Å². The van der Waals surface area contributed by atoms with Crippen molar-refractivity contribution in [1.82, 2.24) is 0 Å². The number of epoxide rings is 1. The molecule has 0 aromatic carbocycles. The van der Waals surface area contributed by atoms with Gasteiger partial charge in [0.2, 0.25) is 0 Å². The Labute approximate surface area is 102 Å². The van der Waals surface area contributed by atoms with E-state index in [2.05, 4.69) is 27.4 Å². The van der Waals surface area contributed by atoms with E-state index in [1.165, 1.54) is 12.8 Å². The van der Waals surface area contributed by atoms with Crippen molar-refractivity contribution in [1.29, 1.82) is 0 Å². The molecule has 4 aliphatic rings. The fourth-order valence-corrected chi connectivity index (χ4v) is 5.39. The molecule has 0 bridgehead atoms. The van der Waals surface area contributed by atoms with E-state index in [4.69, 9.17) is 4.74 Å². The lowest BCUT2D eigenvalue weighted by molar-refractivity contribution is -0.117. The molecule has 4 rings (SSSR count). The molecule has 0 amide bonds. The highest BCUT2D eigenvalue weighted by Crippen LogP contribution is 2.76. The molecule has 0 radical (unpaired) electrons. The highest BCUT2D eigenvalue weighted by molar-refractivity contribution is 6.07. The topological polar surface area (TPSA) is 29.6 Å². The van der Waals surface area contributed by atoms with Crippen LogP contribution in [0, 0.1) is 22.7 Å². The Hall–Kier alpha value is -0.630. The number of ether oxygens (including phenoxy) is 1. The van der Waals surface area contributed by atoms with Crippen LogP contribution in [0.3, 0.4) is 0 Å². The van der Waals surface area contributed by atoms with Crippen LogP contribution in [-0.4, -0.2) is 17.5 Å². The molecule has 2 nitrogen and oxygen atoms in total. The molecule has 5 atom stereocenters. The molecule has 0 aromatic heterocycles. The molecule has 1 heterocycles. The highest BCUT2D eigenvalue weighted by Gasteiger charge is 2.83. The van der Waals surface area contributed by atoms with Crippen LogP contribution in [0.2, 0.25) is 0 Å². The lowest BCUT2D eigenvalue weighted by atomic mass is 9.69. The summed E-state index contributed by atoms with van der Waals surface area (Å²) in [5, 5.41) is 0. The number of ketones is 1. The van der Waals surface area contributed by atoms with Crippen molar-refractivity contribution in [3.8, 4) is 0 Å². The van der Waals surface area contributed by atoms with Crippen molar-refractivity contribution in [3.63, 3.8) is 0 Å². The molecule has 92 valence electrons. The monoisotopic (exact) mass is 232 g/mol. The average molecular weight is 232 g/mol. The van der Waals surface area contributed by atoms with Crippen molar-refractivity contribution in [3.05, 3.63) is 12.2 Å². The predicted octanol–water partition coefficient (Wildman–Crippen LogP) is 2.73. The summed E-state index contributed by atoms with van der Waals surface area (Å²) in [6.45, 7) is 11.1. The van der Waals surface area contributed by atoms with Crippen molar-refractivity contribution >= 4 is 5.78 Å². The van der Waals surface area contributed by atoms with E-state index in [9.17, 15) is 4.79 Å². The molecule has 3 aliphatic carbocycles. The lowest BCUT2D eigenvalue weighted by Gasteiger charge is -2.34. The van der Waals surface area contributed by atoms with E-state index >= 15 is 0 Å². The Morgan fingerprint density at radius 2 is 1.94 bits per heavy atom. The van der Waals surface area contributed by atoms with Gasteiger partial charge in [0.15, 0.2) is 11.9 Å². The SMILES string of the molecule is C=C1C(=O)[C@H]2O[C@]23CC2CC(C)(C)CC2[C@]13C. The zero-order valence-corrected chi connectivity index (χ0v) is 10.9. The number of hydrogen-bond acceptors (Lipinski definition) is 2. The summed E-state index contributed by atoms with van der Waals surface area (Å²) in [6.07, 6.45) is 3.46. The first-order valence-corrected chi connectivity index (χ1v) is 6.73. The number of carbonyl (C=O) groups excluding carboxylic acids is 1. The Balaban J connectivity index is 1.82. The molecular formula is C15H20O2. The van der Waals surface area contributed by atoms with Crippen molar-refractivity contribution in [2.75, 3.05) is 0 Å². The van der Waals surface area contributed by atoms with Crippen LogP contribution in [0.15, 0.2) is 12.2 Å². The third-order valence-electron chi connectivity index (χ3n) is 6.20. The predicted molar refractivity (Wildman–Crippen MR) is 64.5 cm³/mol. The quantitative estimate of drug-likeness (QED) is 0.475. The van der Waals surface area contributed by atoms with E-state index < -0.39 is 0 Å². The van der Waals surface area contributed by atoms with Gasteiger partial charge in [0.25, 0.3) is 0 Å². The maximum absolute atomic E-state index is 12.1. The number of Topliss-reactive ketones (excluding diaryl/α,β-unsaturated/α-hetero) is 1. The first-order valence-electron chi connectivity index (χ1n) is 6.73. The number of carbonyl (C=O) groups is 1. The number of hydrogen-bond donors (Lipinski definition) is 0. The van der Waals surface area contributed by atoms with Crippen LogP contribution in [0.1, 0.15) is 40.0 Å². The van der Waals surface area contributed by atoms with Gasteiger partial charge in [-0.3, -0.25) is 4.79 Å². The van der Waals surface area contributed by atoms with Crippen molar-refractivity contribution in [2.45, 2.75) is 51.7 Å². The maximum atomic E-state index is 12.1. The summed E-state index contributed by atoms with van der Waals surface area (Å²) in [4.78, 5) is 12.1. The third-order valence-corrected chi connectivity index (χ3v) is 6.20. The molecule has 4 fully saturated rings. The summed E-state index contributed by atoms with van der Waals surface area (Å²) in [5.74, 6) is 1.54. The molecular weight excluding hydrogens is 212 g/mol. The van der Waals surface area contributed by atoms with Gasteiger partial charge in [0.1, 0.15) is 5.60 Å². The summed E-state index contributed by atoms with van der Waals surface area (Å²) < 4.78 is 5.84. The first kappa shape index (κ1) is 10.3. The van der Waals surface area contributed by atoms with Gasteiger partial charge in [0, 0.05) is 11.0 Å². The zero-order valence-electron chi connectivity index (χ0n) is 10.9. The Morgan fingerprint density at radius 3 is 2.65 bits per heavy atom. The summed E-state index contributed by atoms with van der Waals surface area (Å²) in [7, 11) is 0. The Morgan fingerprint density at radius 1 is 1.24 bits per heavy atom. The van der Waals surface area contributed by atoms with Gasteiger partial charge in [-0.15, -0.1) is 0 Å². The average Bonchev–Trinajstić information content (AvgIpc) is 2.77. The highest BCUT2D eigenvalue weighted by atomic mass is 16.6. The maximum Gasteiger partial charge on any atom is 0.190 e. The molecule has 2 heteroatoms. The molecule has 0 N–H and O–H groups in total. The van der Waals surface area contributed by atoms with Crippen LogP contribution in [0.4, 0.5) is 0 Å². The molecule has 0 aromatic rings. The molecule has 1 saturated heterocycles. The third kappa shape index (κ3) is 0.865. The Kier molecular flexibility index (Phi) is 1.45. The van der Waals surface area contributed by atoms with Gasteiger partial charge in [-0.25, -0.2) is 0 Å². The number of rotatable bonds is 0. The van der Waals surface area contributed by atoms with Gasteiger partial charge < -0.3 is 4.74 Å². The van der Waals surface area contributed by atoms with E-state index in [1.54, 1.807) is 0 Å². The van der Waals surface area contributed by atoms with Crippen LogP contribution in [-0.2, 0) is 9.53 Å². The minimum absolute atomic E-state index is 0.0623. The minimum atomic E-state index is -0.132. The van der Waals surface area contributed by atoms with Crippen molar-refractivity contribution < 1.29 is 9.53 Å². The van der Waals surface area contributed by atoms with Crippen LogP contribution in [0.5, 0.6) is 0 Å². The smallest absolute Gasteiger partial charge is 0.190 e. The molecule has 1 spiro atoms. The van der Waals surface area contributed by atoms with Gasteiger partial charge in [-0.1, -0.05) is 27.4 Å². The molecule has 2 unspecified atom stereocenters. The first-order chi connectivity index (χ1) is 7.82. The lowest BCUT2D eigenvalue weighted by Crippen LogP contribution is -2.35. The van der Waals surface area contributed by atoms with Gasteiger partial charge in [0.05, 0.1) is 0 Å². The van der Waals surface area contributed by atoms with Crippen LogP contribution >= 0.6 is 0 Å². The standard InChI is InChI=1S/C15H20O2/c1-8-11(16)12-15(17-12)6-9-5-13(2,3)7-10(9)14(8,15)4/h9-10,12H,1,5-7H2,2-4H3/t9?,10?,12-,14+,15-/m1/s1. The second kappa shape index (κ2) is 2.40. The van der Waals surface area contributed by atoms with Crippen LogP contribution < -0.4 is 0 Å². The van der Waals surface area contributed by atoms with Crippen molar-refractivity contribution in [2.24, 2.45) is 22.7 Å². The van der Waals surface area contributed by atoms with Gasteiger partial charge in [-0.2, -0.15) is 0 Å². The second-order valence-electron chi connectivity index (χ2n) is 7.58. The normalized spacial score (nSPS) is 57.9. The zero-order chi connectivity index (χ0) is 12.2.